The van der Waals surface area contributed by atoms with Gasteiger partial charge in [-0.15, -0.1) is 11.3 Å². The minimum absolute atomic E-state index is 0.0751. The summed E-state index contributed by atoms with van der Waals surface area (Å²) in [5.74, 6) is -0.665. The molecule has 1 aromatic carbocycles. The lowest BCUT2D eigenvalue weighted by Gasteiger charge is -2.19. The van der Waals surface area contributed by atoms with E-state index in [0.717, 1.165) is 17.0 Å². The average molecular weight is 317 g/mol. The highest BCUT2D eigenvalue weighted by Gasteiger charge is 2.15. The quantitative estimate of drug-likeness (QED) is 0.868. The van der Waals surface area contributed by atoms with Gasteiger partial charge in [0.15, 0.2) is 0 Å². The number of hydrogen-bond acceptors (Lipinski definition) is 4. The van der Waals surface area contributed by atoms with Crippen molar-refractivity contribution in [1.29, 1.82) is 0 Å². The van der Waals surface area contributed by atoms with Crippen LogP contribution >= 0.6 is 11.3 Å². The van der Waals surface area contributed by atoms with Crippen LogP contribution in [0.4, 0.5) is 5.69 Å². The second-order valence-electron chi connectivity index (χ2n) is 5.94. The first-order chi connectivity index (χ1) is 10.3. The molecule has 1 N–H and O–H groups in total. The summed E-state index contributed by atoms with van der Waals surface area (Å²) < 4.78 is 4.63. The molecule has 0 atom stereocenters. The Morgan fingerprint density at radius 3 is 2.14 bits per heavy atom. The zero-order valence-electron chi connectivity index (χ0n) is 13.1. The highest BCUT2D eigenvalue weighted by molar-refractivity contribution is 7.16. The Morgan fingerprint density at radius 2 is 1.59 bits per heavy atom. The number of rotatable bonds is 3. The number of esters is 1. The van der Waals surface area contributed by atoms with Crippen molar-refractivity contribution < 1.29 is 14.3 Å². The van der Waals surface area contributed by atoms with Crippen molar-refractivity contribution in [3.63, 3.8) is 0 Å². The normalized spacial score (nSPS) is 11.1. The topological polar surface area (TPSA) is 55.4 Å². The molecule has 0 aliphatic carbocycles. The molecule has 0 aliphatic rings. The number of benzene rings is 1. The number of thiophene rings is 1. The lowest BCUT2D eigenvalue weighted by molar-refractivity contribution is 0.0606. The number of methoxy groups -OCH3 is 1. The van der Waals surface area contributed by atoms with E-state index in [1.807, 2.05) is 24.3 Å². The van der Waals surface area contributed by atoms with Crippen molar-refractivity contribution in [2.75, 3.05) is 12.4 Å². The highest BCUT2D eigenvalue weighted by Crippen LogP contribution is 2.24. The number of ether oxygens (including phenoxy) is 1. The molecule has 22 heavy (non-hydrogen) atoms. The summed E-state index contributed by atoms with van der Waals surface area (Å²) in [6.45, 7) is 6.42. The first kappa shape index (κ1) is 16.2. The zero-order chi connectivity index (χ0) is 16.3. The van der Waals surface area contributed by atoms with Crippen molar-refractivity contribution in [2.45, 2.75) is 26.2 Å². The minimum Gasteiger partial charge on any atom is -0.465 e. The maximum Gasteiger partial charge on any atom is 0.348 e. The number of nitrogens with one attached hydrogen (secondary N) is 1. The first-order valence-corrected chi connectivity index (χ1v) is 7.73. The Balaban J connectivity index is 2.09. The largest absolute Gasteiger partial charge is 0.465 e. The molecule has 0 radical (unpaired) electrons. The predicted molar refractivity (Wildman–Crippen MR) is 88.8 cm³/mol. The molecule has 1 aromatic heterocycles. The Bertz CT molecular complexity index is 681. The highest BCUT2D eigenvalue weighted by atomic mass is 32.1. The molecule has 116 valence electrons. The van der Waals surface area contributed by atoms with E-state index in [1.165, 1.54) is 12.7 Å². The van der Waals surface area contributed by atoms with Crippen LogP contribution in [0.3, 0.4) is 0 Å². The van der Waals surface area contributed by atoms with Crippen LogP contribution in [0, 0.1) is 0 Å². The maximum absolute atomic E-state index is 12.2. The lowest BCUT2D eigenvalue weighted by Crippen LogP contribution is -2.12. The van der Waals surface area contributed by atoms with Gasteiger partial charge in [0.2, 0.25) is 0 Å². The molecular weight excluding hydrogens is 298 g/mol. The van der Waals surface area contributed by atoms with Crippen LogP contribution in [0.15, 0.2) is 36.4 Å². The predicted octanol–water partition coefficient (Wildman–Crippen LogP) is 4.08. The van der Waals surface area contributed by atoms with Gasteiger partial charge in [0, 0.05) is 5.69 Å². The van der Waals surface area contributed by atoms with Gasteiger partial charge in [-0.3, -0.25) is 4.79 Å². The summed E-state index contributed by atoms with van der Waals surface area (Å²) in [4.78, 5) is 24.4. The van der Waals surface area contributed by atoms with Gasteiger partial charge >= 0.3 is 5.97 Å². The summed E-state index contributed by atoms with van der Waals surface area (Å²) in [5, 5.41) is 2.83. The van der Waals surface area contributed by atoms with Gasteiger partial charge in [0.25, 0.3) is 5.91 Å². The standard InChI is InChI=1S/C17H19NO3S/c1-17(2,3)11-5-7-12(8-6-11)18-15(19)13-9-10-14(22-13)16(20)21-4/h5-10H,1-4H3,(H,18,19). The van der Waals surface area contributed by atoms with Crippen LogP contribution in [0.5, 0.6) is 0 Å². The molecule has 2 aromatic rings. The number of amides is 1. The van der Waals surface area contributed by atoms with Gasteiger partial charge in [0.1, 0.15) is 4.88 Å². The Hall–Kier alpha value is -2.14. The van der Waals surface area contributed by atoms with Crippen molar-refractivity contribution in [2.24, 2.45) is 0 Å². The number of carbonyl (C=O) groups excluding carboxylic acids is 2. The van der Waals surface area contributed by atoms with Crippen molar-refractivity contribution in [3.05, 3.63) is 51.7 Å². The number of carbonyl (C=O) groups is 2. The average Bonchev–Trinajstić information content (AvgIpc) is 2.96. The molecular formula is C17H19NO3S. The van der Waals surface area contributed by atoms with Crippen LogP contribution in [-0.2, 0) is 10.2 Å². The molecule has 4 nitrogen and oxygen atoms in total. The van der Waals surface area contributed by atoms with E-state index in [2.05, 4.69) is 30.8 Å². The van der Waals surface area contributed by atoms with Gasteiger partial charge in [-0.25, -0.2) is 4.79 Å². The fourth-order valence-corrected chi connectivity index (χ4v) is 2.74. The summed E-state index contributed by atoms with van der Waals surface area (Å²) in [5.41, 5.74) is 2.01. The third-order valence-electron chi connectivity index (χ3n) is 3.23. The molecule has 0 fully saturated rings. The van der Waals surface area contributed by atoms with E-state index in [-0.39, 0.29) is 11.3 Å². The molecule has 0 bridgehead atoms. The fourth-order valence-electron chi connectivity index (χ4n) is 1.92. The second kappa shape index (κ2) is 6.32. The summed E-state index contributed by atoms with van der Waals surface area (Å²) in [6, 6.07) is 11.0. The van der Waals surface area contributed by atoms with Crippen molar-refractivity contribution in [3.8, 4) is 0 Å². The lowest BCUT2D eigenvalue weighted by atomic mass is 9.87. The van der Waals surface area contributed by atoms with Gasteiger partial charge in [-0.2, -0.15) is 0 Å². The Labute approximate surface area is 134 Å². The summed E-state index contributed by atoms with van der Waals surface area (Å²) >= 11 is 1.11. The van der Waals surface area contributed by atoms with Crippen LogP contribution in [0.25, 0.3) is 0 Å². The second-order valence-corrected chi connectivity index (χ2v) is 7.02. The van der Waals surface area contributed by atoms with Crippen molar-refractivity contribution >= 4 is 28.9 Å². The van der Waals surface area contributed by atoms with Gasteiger partial charge in [0.05, 0.1) is 12.0 Å². The van der Waals surface area contributed by atoms with E-state index in [1.54, 1.807) is 12.1 Å². The molecule has 1 heterocycles. The third-order valence-corrected chi connectivity index (χ3v) is 4.29. The summed E-state index contributed by atoms with van der Waals surface area (Å²) in [6.07, 6.45) is 0. The molecule has 5 heteroatoms. The van der Waals surface area contributed by atoms with Crippen LogP contribution in [-0.4, -0.2) is 19.0 Å². The van der Waals surface area contributed by atoms with E-state index in [9.17, 15) is 9.59 Å². The van der Waals surface area contributed by atoms with Crippen LogP contribution in [0.2, 0.25) is 0 Å². The third kappa shape index (κ3) is 3.74. The van der Waals surface area contributed by atoms with E-state index < -0.39 is 5.97 Å². The minimum atomic E-state index is -0.432. The summed E-state index contributed by atoms with van der Waals surface area (Å²) in [7, 11) is 1.32. The molecule has 0 saturated carbocycles. The Kier molecular flexibility index (Phi) is 4.66. The molecule has 2 rings (SSSR count). The molecule has 0 saturated heterocycles. The van der Waals surface area contributed by atoms with E-state index in [0.29, 0.717) is 9.75 Å². The van der Waals surface area contributed by atoms with E-state index in [4.69, 9.17) is 0 Å². The number of anilines is 1. The van der Waals surface area contributed by atoms with Crippen LogP contribution in [0.1, 0.15) is 45.7 Å². The SMILES string of the molecule is COC(=O)c1ccc(C(=O)Nc2ccc(C(C)(C)C)cc2)s1. The van der Waals surface area contributed by atoms with Crippen molar-refractivity contribution in [1.82, 2.24) is 0 Å². The molecule has 0 aliphatic heterocycles. The van der Waals surface area contributed by atoms with E-state index >= 15 is 0 Å². The first-order valence-electron chi connectivity index (χ1n) is 6.91. The van der Waals surface area contributed by atoms with Crippen LogP contribution < -0.4 is 5.32 Å². The fraction of sp³-hybridized carbons (Fsp3) is 0.294. The Morgan fingerprint density at radius 1 is 1.00 bits per heavy atom. The van der Waals surface area contributed by atoms with Gasteiger partial charge in [-0.05, 0) is 35.2 Å². The smallest absolute Gasteiger partial charge is 0.348 e. The molecule has 0 spiro atoms. The maximum atomic E-state index is 12.2. The zero-order valence-corrected chi connectivity index (χ0v) is 13.9. The molecule has 1 amide bonds. The van der Waals surface area contributed by atoms with Gasteiger partial charge < -0.3 is 10.1 Å². The number of hydrogen-bond donors (Lipinski definition) is 1. The molecule has 0 unspecified atom stereocenters. The van der Waals surface area contributed by atoms with Gasteiger partial charge in [-0.1, -0.05) is 32.9 Å². The monoisotopic (exact) mass is 317 g/mol.